The van der Waals surface area contributed by atoms with E-state index in [1.165, 1.54) is 18.2 Å². The van der Waals surface area contributed by atoms with Crippen molar-refractivity contribution in [2.24, 2.45) is 0 Å². The van der Waals surface area contributed by atoms with Crippen LogP contribution < -0.4 is 4.74 Å². The second-order valence-electron chi connectivity index (χ2n) is 5.31. The van der Waals surface area contributed by atoms with Crippen LogP contribution >= 0.6 is 23.2 Å². The number of hydrogen-bond acceptors (Lipinski definition) is 3. The molecule has 3 aromatic rings. The Morgan fingerprint density at radius 1 is 0.923 bits per heavy atom. The summed E-state index contributed by atoms with van der Waals surface area (Å²) in [4.78, 5) is 8.27. The number of ether oxygens (including phenoxy) is 1. The molecule has 3 nitrogen and oxygen atoms in total. The molecule has 3 rings (SSSR count). The van der Waals surface area contributed by atoms with Gasteiger partial charge < -0.3 is 4.74 Å². The van der Waals surface area contributed by atoms with E-state index in [0.717, 1.165) is 12.1 Å². The summed E-state index contributed by atoms with van der Waals surface area (Å²) in [5.74, 6) is 0.498. The van der Waals surface area contributed by atoms with Crippen LogP contribution in [0.4, 0.5) is 13.2 Å². The Kier molecular flexibility index (Phi) is 5.34. The van der Waals surface area contributed by atoms with Crippen LogP contribution in [0, 0.1) is 0 Å². The molecule has 8 heteroatoms. The molecule has 0 aliphatic heterocycles. The van der Waals surface area contributed by atoms with E-state index in [2.05, 4.69) is 9.97 Å². The van der Waals surface area contributed by atoms with Gasteiger partial charge in [-0.25, -0.2) is 9.97 Å². The summed E-state index contributed by atoms with van der Waals surface area (Å²) in [5, 5.41) is 0.700. The second-order valence-corrected chi connectivity index (χ2v) is 6.12. The molecule has 26 heavy (non-hydrogen) atoms. The second kappa shape index (κ2) is 7.51. The summed E-state index contributed by atoms with van der Waals surface area (Å²) in [6.07, 6.45) is -1.28. The van der Waals surface area contributed by atoms with Crippen molar-refractivity contribution in [2.45, 2.75) is 12.8 Å². The number of alkyl halides is 3. The van der Waals surface area contributed by atoms with Crippen molar-refractivity contribution in [3.8, 4) is 17.1 Å². The molecule has 0 atom stereocenters. The van der Waals surface area contributed by atoms with Crippen LogP contribution in [0.3, 0.4) is 0 Å². The van der Waals surface area contributed by atoms with Crippen molar-refractivity contribution >= 4 is 23.2 Å². The maximum atomic E-state index is 12.8. The Balaban J connectivity index is 1.85. The molecule has 0 radical (unpaired) electrons. The first-order chi connectivity index (χ1) is 12.3. The van der Waals surface area contributed by atoms with Gasteiger partial charge in [-0.05, 0) is 36.4 Å². The zero-order chi connectivity index (χ0) is 18.7. The molecule has 0 fully saturated rings. The monoisotopic (exact) mass is 398 g/mol. The van der Waals surface area contributed by atoms with Crippen LogP contribution in [0.5, 0.6) is 5.75 Å². The third-order valence-corrected chi connectivity index (χ3v) is 4.16. The SMILES string of the molecule is FC(F)(F)c1cccc(OCc2cc(-c3ncccn3)c(Cl)cc2Cl)c1. The lowest BCUT2D eigenvalue weighted by Crippen LogP contribution is -2.05. The lowest BCUT2D eigenvalue weighted by atomic mass is 10.1. The van der Waals surface area contributed by atoms with E-state index >= 15 is 0 Å². The average Bonchev–Trinajstić information content (AvgIpc) is 2.61. The summed E-state index contributed by atoms with van der Waals surface area (Å²) in [5.41, 5.74) is 0.325. The van der Waals surface area contributed by atoms with Crippen molar-refractivity contribution in [1.82, 2.24) is 9.97 Å². The summed E-state index contributed by atoms with van der Waals surface area (Å²) >= 11 is 12.4. The van der Waals surface area contributed by atoms with Crippen molar-refractivity contribution in [3.05, 3.63) is 76.0 Å². The highest BCUT2D eigenvalue weighted by atomic mass is 35.5. The summed E-state index contributed by atoms with van der Waals surface area (Å²) in [6.45, 7) is -0.0306. The van der Waals surface area contributed by atoms with Crippen LogP contribution in [0.1, 0.15) is 11.1 Å². The highest BCUT2D eigenvalue weighted by Gasteiger charge is 2.30. The van der Waals surface area contributed by atoms with Crippen molar-refractivity contribution in [1.29, 1.82) is 0 Å². The van der Waals surface area contributed by atoms with Gasteiger partial charge in [0.2, 0.25) is 0 Å². The molecule has 0 aliphatic carbocycles. The maximum Gasteiger partial charge on any atom is 0.416 e. The molecule has 2 aromatic carbocycles. The highest BCUT2D eigenvalue weighted by Crippen LogP contribution is 2.33. The number of halogens is 5. The molecular formula is C18H11Cl2F3N2O. The number of aromatic nitrogens is 2. The van der Waals surface area contributed by atoms with Crippen LogP contribution in [-0.2, 0) is 12.8 Å². The minimum absolute atomic E-state index is 0.0306. The standard InChI is InChI=1S/C18H11Cl2F3N2O/c19-15-9-16(20)14(17-24-5-2-6-25-17)7-11(15)10-26-13-4-1-3-12(8-13)18(21,22)23/h1-9H,10H2. The van der Waals surface area contributed by atoms with Crippen molar-refractivity contribution < 1.29 is 17.9 Å². The van der Waals surface area contributed by atoms with Crippen LogP contribution in [0.2, 0.25) is 10.0 Å². The van der Waals surface area contributed by atoms with Crippen LogP contribution in [0.25, 0.3) is 11.4 Å². The fraction of sp³-hybridized carbons (Fsp3) is 0.111. The number of benzene rings is 2. The lowest BCUT2D eigenvalue weighted by molar-refractivity contribution is -0.137. The Morgan fingerprint density at radius 3 is 2.35 bits per heavy atom. The molecule has 0 N–H and O–H groups in total. The smallest absolute Gasteiger partial charge is 0.416 e. The molecule has 0 aliphatic rings. The van der Waals surface area contributed by atoms with Gasteiger partial charge >= 0.3 is 6.18 Å². The van der Waals surface area contributed by atoms with E-state index in [-0.39, 0.29) is 12.4 Å². The first kappa shape index (κ1) is 18.5. The maximum absolute atomic E-state index is 12.8. The molecule has 0 amide bonds. The van der Waals surface area contributed by atoms with Crippen LogP contribution in [-0.4, -0.2) is 9.97 Å². The zero-order valence-electron chi connectivity index (χ0n) is 13.1. The lowest BCUT2D eigenvalue weighted by Gasteiger charge is -2.12. The largest absolute Gasteiger partial charge is 0.489 e. The average molecular weight is 399 g/mol. The molecule has 1 heterocycles. The van der Waals surface area contributed by atoms with Gasteiger partial charge in [0.1, 0.15) is 12.4 Å². The van der Waals surface area contributed by atoms with Gasteiger partial charge in [-0.3, -0.25) is 0 Å². The summed E-state index contributed by atoms with van der Waals surface area (Å²) < 4.78 is 43.8. The van der Waals surface area contributed by atoms with E-state index in [0.29, 0.717) is 27.0 Å². The van der Waals surface area contributed by atoms with Gasteiger partial charge in [0, 0.05) is 28.5 Å². The molecule has 0 bridgehead atoms. The topological polar surface area (TPSA) is 35.0 Å². The van der Waals surface area contributed by atoms with Crippen molar-refractivity contribution in [3.63, 3.8) is 0 Å². The number of nitrogens with zero attached hydrogens (tertiary/aromatic N) is 2. The van der Waals surface area contributed by atoms with Crippen molar-refractivity contribution in [2.75, 3.05) is 0 Å². The Hall–Kier alpha value is -2.31. The third-order valence-electron chi connectivity index (χ3n) is 3.50. The first-order valence-electron chi connectivity index (χ1n) is 7.40. The fourth-order valence-electron chi connectivity index (χ4n) is 2.24. The van der Waals surface area contributed by atoms with Gasteiger partial charge in [0.25, 0.3) is 0 Å². The fourth-order valence-corrected chi connectivity index (χ4v) is 2.76. The molecule has 0 saturated carbocycles. The highest BCUT2D eigenvalue weighted by molar-refractivity contribution is 6.36. The third kappa shape index (κ3) is 4.26. The molecule has 0 unspecified atom stereocenters. The molecule has 0 saturated heterocycles. The Labute approximate surface area is 157 Å². The Morgan fingerprint density at radius 2 is 1.65 bits per heavy atom. The van der Waals surface area contributed by atoms with Gasteiger partial charge in [0.15, 0.2) is 5.82 Å². The first-order valence-corrected chi connectivity index (χ1v) is 8.15. The predicted molar refractivity (Wildman–Crippen MR) is 93.3 cm³/mol. The minimum Gasteiger partial charge on any atom is -0.489 e. The summed E-state index contributed by atoms with van der Waals surface area (Å²) in [7, 11) is 0. The van der Waals surface area contributed by atoms with E-state index in [4.69, 9.17) is 27.9 Å². The molecule has 134 valence electrons. The minimum atomic E-state index is -4.44. The van der Waals surface area contributed by atoms with E-state index in [1.807, 2.05) is 0 Å². The van der Waals surface area contributed by atoms with Gasteiger partial charge in [0.05, 0.1) is 10.6 Å². The Bertz CT molecular complexity index is 918. The molecule has 0 spiro atoms. The molecular weight excluding hydrogens is 388 g/mol. The normalized spacial score (nSPS) is 11.4. The number of hydrogen-bond donors (Lipinski definition) is 0. The predicted octanol–water partition coefficient (Wildman–Crippen LogP) is 6.05. The van der Waals surface area contributed by atoms with E-state index in [9.17, 15) is 13.2 Å². The molecule has 1 aromatic heterocycles. The van der Waals surface area contributed by atoms with E-state index < -0.39 is 11.7 Å². The van der Waals surface area contributed by atoms with Gasteiger partial charge in [-0.1, -0.05) is 29.3 Å². The number of rotatable bonds is 4. The van der Waals surface area contributed by atoms with Gasteiger partial charge in [-0.2, -0.15) is 13.2 Å². The summed E-state index contributed by atoms with van der Waals surface area (Å²) in [6, 6.07) is 9.50. The van der Waals surface area contributed by atoms with Gasteiger partial charge in [-0.15, -0.1) is 0 Å². The zero-order valence-corrected chi connectivity index (χ0v) is 14.6. The van der Waals surface area contributed by atoms with Crippen LogP contribution in [0.15, 0.2) is 54.9 Å². The quantitative estimate of drug-likeness (QED) is 0.536. The van der Waals surface area contributed by atoms with E-state index in [1.54, 1.807) is 24.5 Å².